The Morgan fingerprint density at radius 3 is 3.05 bits per heavy atom. The van der Waals surface area contributed by atoms with Gasteiger partial charge in [-0.15, -0.1) is 0 Å². The van der Waals surface area contributed by atoms with Crippen LogP contribution in [0.15, 0.2) is 49.3 Å². The van der Waals surface area contributed by atoms with Crippen LogP contribution in [-0.2, 0) is 0 Å². The van der Waals surface area contributed by atoms with Gasteiger partial charge in [-0.2, -0.15) is 10.4 Å². The Balaban J connectivity index is 1.88. The molecule has 3 rings (SSSR count). The Kier molecular flexibility index (Phi) is 3.42. The molecule has 2 aromatic heterocycles. The number of rotatable bonds is 3. The minimum absolute atomic E-state index is 0.0974. The molecule has 108 valence electrons. The van der Waals surface area contributed by atoms with Crippen molar-refractivity contribution in [2.75, 3.05) is 5.43 Å². The average Bonchev–Trinajstić information content (AvgIpc) is 2.90. The summed E-state index contributed by atoms with van der Waals surface area (Å²) in [5.41, 5.74) is 3.24. The maximum Gasteiger partial charge on any atom is 0.252 e. The van der Waals surface area contributed by atoms with Crippen molar-refractivity contribution in [2.24, 2.45) is 5.10 Å². The normalized spacial score (nSPS) is 10.9. The van der Waals surface area contributed by atoms with Crippen molar-refractivity contribution < 1.29 is 8.83 Å². The molecule has 0 aliphatic heterocycles. The van der Waals surface area contributed by atoms with Gasteiger partial charge in [0, 0.05) is 6.92 Å². The molecule has 0 spiro atoms. The van der Waals surface area contributed by atoms with Crippen molar-refractivity contribution in [2.45, 2.75) is 6.92 Å². The van der Waals surface area contributed by atoms with Gasteiger partial charge >= 0.3 is 0 Å². The summed E-state index contributed by atoms with van der Waals surface area (Å²) in [6.45, 7) is 1.62. The third-order valence-electron chi connectivity index (χ3n) is 2.92. The number of aryl methyl sites for hydroxylation is 1. The molecule has 3 aromatic rings. The van der Waals surface area contributed by atoms with Gasteiger partial charge in [-0.1, -0.05) is 12.1 Å². The second kappa shape index (κ2) is 5.54. The predicted octanol–water partition coefficient (Wildman–Crippen LogP) is 2.41. The van der Waals surface area contributed by atoms with Crippen LogP contribution in [-0.4, -0.2) is 11.2 Å². The van der Waals surface area contributed by atoms with Gasteiger partial charge in [0.25, 0.3) is 5.88 Å². The Bertz CT molecular complexity index is 963. The van der Waals surface area contributed by atoms with Crippen LogP contribution in [0.25, 0.3) is 11.0 Å². The first-order valence-electron chi connectivity index (χ1n) is 6.36. The summed E-state index contributed by atoms with van der Waals surface area (Å²) in [6, 6.07) is 8.82. The number of hydrazone groups is 1. The van der Waals surface area contributed by atoms with Crippen LogP contribution in [0.4, 0.5) is 5.88 Å². The molecule has 0 saturated carbocycles. The van der Waals surface area contributed by atoms with Crippen LogP contribution in [0.5, 0.6) is 0 Å². The van der Waals surface area contributed by atoms with Crippen LogP contribution < -0.4 is 10.9 Å². The fourth-order valence-corrected chi connectivity index (χ4v) is 1.92. The lowest BCUT2D eigenvalue weighted by molar-refractivity contribution is 0.533. The fraction of sp³-hybridized carbons (Fsp3) is 0.0667. The standard InChI is InChI=1S/C15H10N4O3/c1-9-18-12(6-16)15(22-9)19-17-7-10-8-21-13-5-3-2-4-11(13)14(10)20/h2-5,7-8,19H,1H3. The van der Waals surface area contributed by atoms with E-state index in [1.165, 1.54) is 12.5 Å². The van der Waals surface area contributed by atoms with Gasteiger partial charge in [-0.3, -0.25) is 4.79 Å². The molecule has 0 amide bonds. The van der Waals surface area contributed by atoms with Crippen LogP contribution in [0.1, 0.15) is 17.1 Å². The van der Waals surface area contributed by atoms with E-state index >= 15 is 0 Å². The molecule has 0 unspecified atom stereocenters. The lowest BCUT2D eigenvalue weighted by atomic mass is 10.2. The van der Waals surface area contributed by atoms with Crippen molar-refractivity contribution in [1.29, 1.82) is 5.26 Å². The summed E-state index contributed by atoms with van der Waals surface area (Å²) >= 11 is 0. The number of aromatic nitrogens is 1. The molecule has 0 saturated heterocycles. The number of nitrogens with one attached hydrogen (secondary N) is 1. The van der Waals surface area contributed by atoms with Crippen LogP contribution in [0, 0.1) is 18.3 Å². The highest BCUT2D eigenvalue weighted by atomic mass is 16.4. The zero-order valence-corrected chi connectivity index (χ0v) is 11.5. The average molecular weight is 294 g/mol. The molecular weight excluding hydrogens is 284 g/mol. The van der Waals surface area contributed by atoms with E-state index in [0.717, 1.165) is 0 Å². The number of para-hydroxylation sites is 1. The molecule has 0 fully saturated rings. The first kappa shape index (κ1) is 13.6. The highest BCUT2D eigenvalue weighted by molar-refractivity contribution is 5.86. The molecule has 7 heteroatoms. The van der Waals surface area contributed by atoms with E-state index in [1.54, 1.807) is 31.2 Å². The highest BCUT2D eigenvalue weighted by Crippen LogP contribution is 2.15. The van der Waals surface area contributed by atoms with Crippen molar-refractivity contribution in [3.05, 3.63) is 57.9 Å². The number of hydrogen-bond acceptors (Lipinski definition) is 7. The molecule has 0 atom stereocenters. The van der Waals surface area contributed by atoms with Gasteiger partial charge in [0.05, 0.1) is 17.2 Å². The van der Waals surface area contributed by atoms with E-state index in [0.29, 0.717) is 16.9 Å². The molecule has 1 N–H and O–H groups in total. The van der Waals surface area contributed by atoms with E-state index in [-0.39, 0.29) is 22.6 Å². The maximum atomic E-state index is 12.2. The van der Waals surface area contributed by atoms with E-state index in [1.807, 2.05) is 6.07 Å². The van der Waals surface area contributed by atoms with E-state index < -0.39 is 0 Å². The Labute approximate surface area is 124 Å². The Hall–Kier alpha value is -3.40. The number of hydrogen-bond donors (Lipinski definition) is 1. The molecule has 0 aliphatic rings. The van der Waals surface area contributed by atoms with Gasteiger partial charge in [0.1, 0.15) is 17.9 Å². The second-order valence-corrected chi connectivity index (χ2v) is 4.41. The molecule has 7 nitrogen and oxygen atoms in total. The van der Waals surface area contributed by atoms with E-state index in [9.17, 15) is 4.79 Å². The number of oxazole rings is 1. The number of nitriles is 1. The lowest BCUT2D eigenvalue weighted by Crippen LogP contribution is -2.08. The summed E-state index contributed by atoms with van der Waals surface area (Å²) in [7, 11) is 0. The molecule has 1 aromatic carbocycles. The summed E-state index contributed by atoms with van der Waals surface area (Å²) in [5.74, 6) is 0.473. The first-order chi connectivity index (χ1) is 10.7. The number of fused-ring (bicyclic) bond motifs is 1. The molecule has 2 heterocycles. The summed E-state index contributed by atoms with van der Waals surface area (Å²) in [6.07, 6.45) is 2.63. The van der Waals surface area contributed by atoms with Crippen molar-refractivity contribution in [3.8, 4) is 6.07 Å². The van der Waals surface area contributed by atoms with Crippen molar-refractivity contribution in [1.82, 2.24) is 4.98 Å². The summed E-state index contributed by atoms with van der Waals surface area (Å²) in [5, 5.41) is 13.2. The third kappa shape index (κ3) is 2.45. The number of benzene rings is 1. The van der Waals surface area contributed by atoms with E-state index in [4.69, 9.17) is 14.1 Å². The summed E-state index contributed by atoms with van der Waals surface area (Å²) < 4.78 is 10.6. The quantitative estimate of drug-likeness (QED) is 0.587. The van der Waals surface area contributed by atoms with Crippen LogP contribution >= 0.6 is 0 Å². The smallest absolute Gasteiger partial charge is 0.252 e. The van der Waals surface area contributed by atoms with E-state index in [2.05, 4.69) is 15.5 Å². The largest absolute Gasteiger partial charge is 0.463 e. The minimum Gasteiger partial charge on any atom is -0.463 e. The summed E-state index contributed by atoms with van der Waals surface area (Å²) in [4.78, 5) is 16.1. The van der Waals surface area contributed by atoms with Crippen molar-refractivity contribution in [3.63, 3.8) is 0 Å². The zero-order chi connectivity index (χ0) is 15.5. The SMILES string of the molecule is Cc1nc(C#N)c(NN=Cc2coc3ccccc3c2=O)o1. The first-order valence-corrected chi connectivity index (χ1v) is 6.36. The van der Waals surface area contributed by atoms with Gasteiger partial charge in [-0.05, 0) is 12.1 Å². The zero-order valence-electron chi connectivity index (χ0n) is 11.5. The molecular formula is C15H10N4O3. The number of nitrogens with zero attached hydrogens (tertiary/aromatic N) is 3. The van der Waals surface area contributed by atoms with Gasteiger partial charge in [0.15, 0.2) is 5.89 Å². The highest BCUT2D eigenvalue weighted by Gasteiger charge is 2.09. The van der Waals surface area contributed by atoms with Crippen LogP contribution in [0.2, 0.25) is 0 Å². The third-order valence-corrected chi connectivity index (χ3v) is 2.92. The molecule has 0 aliphatic carbocycles. The predicted molar refractivity (Wildman–Crippen MR) is 79.7 cm³/mol. The molecule has 0 radical (unpaired) electrons. The van der Waals surface area contributed by atoms with Gasteiger partial charge in [0.2, 0.25) is 11.1 Å². The van der Waals surface area contributed by atoms with Gasteiger partial charge < -0.3 is 8.83 Å². The fourth-order valence-electron chi connectivity index (χ4n) is 1.92. The van der Waals surface area contributed by atoms with Gasteiger partial charge in [-0.25, -0.2) is 10.4 Å². The lowest BCUT2D eigenvalue weighted by Gasteiger charge is -1.97. The minimum atomic E-state index is -0.193. The monoisotopic (exact) mass is 294 g/mol. The topological polar surface area (TPSA) is 104 Å². The number of anilines is 1. The maximum absolute atomic E-state index is 12.2. The second-order valence-electron chi connectivity index (χ2n) is 4.41. The Morgan fingerprint density at radius 2 is 2.23 bits per heavy atom. The van der Waals surface area contributed by atoms with Crippen LogP contribution in [0.3, 0.4) is 0 Å². The molecule has 22 heavy (non-hydrogen) atoms. The molecule has 0 bridgehead atoms. The Morgan fingerprint density at radius 1 is 1.41 bits per heavy atom. The van der Waals surface area contributed by atoms with Crippen molar-refractivity contribution >= 4 is 23.1 Å².